The molecule has 8 heteroatoms. The Morgan fingerprint density at radius 1 is 1.03 bits per heavy atom. The molecule has 2 aromatic rings. The summed E-state index contributed by atoms with van der Waals surface area (Å²) in [5.41, 5.74) is 0.0629. The van der Waals surface area contributed by atoms with Crippen LogP contribution in [-0.4, -0.2) is 60.9 Å². The second kappa shape index (κ2) is 7.85. The zero-order valence-corrected chi connectivity index (χ0v) is 17.6. The molecular weight excluding hydrogens is 402 g/mol. The van der Waals surface area contributed by atoms with Gasteiger partial charge in [0.05, 0.1) is 18.2 Å². The van der Waals surface area contributed by atoms with E-state index in [1.807, 2.05) is 72.5 Å². The van der Waals surface area contributed by atoms with E-state index in [0.717, 1.165) is 0 Å². The van der Waals surface area contributed by atoms with Crippen LogP contribution in [0.5, 0.6) is 0 Å². The van der Waals surface area contributed by atoms with Crippen molar-refractivity contribution in [1.29, 1.82) is 0 Å². The highest BCUT2D eigenvalue weighted by atomic mass is 32.2. The minimum Gasteiger partial charge on any atom is -0.315 e. The zero-order chi connectivity index (χ0) is 21.4. The standard InChI is InChI=1S/C22H25N3O4S/c1-2-24(19-13-14-30(28,29)15-19)16-25-20(26)22(23-21(25)27,17-9-5-3-6-10-17)18-11-7-4-8-12-18/h3-12,19H,2,13-16H2,1H3,(H,23,27). The average Bonchev–Trinajstić information content (AvgIpc) is 3.24. The predicted molar refractivity (Wildman–Crippen MR) is 113 cm³/mol. The molecule has 0 aliphatic carbocycles. The van der Waals surface area contributed by atoms with Gasteiger partial charge < -0.3 is 5.32 Å². The van der Waals surface area contributed by atoms with E-state index >= 15 is 0 Å². The molecule has 1 unspecified atom stereocenters. The quantitative estimate of drug-likeness (QED) is 0.712. The highest BCUT2D eigenvalue weighted by molar-refractivity contribution is 7.91. The predicted octanol–water partition coefficient (Wildman–Crippen LogP) is 1.95. The summed E-state index contributed by atoms with van der Waals surface area (Å²) in [6.45, 7) is 2.51. The number of urea groups is 1. The van der Waals surface area contributed by atoms with Gasteiger partial charge in [0.15, 0.2) is 15.4 Å². The van der Waals surface area contributed by atoms with Gasteiger partial charge in [-0.15, -0.1) is 0 Å². The number of hydrogen-bond acceptors (Lipinski definition) is 5. The van der Waals surface area contributed by atoms with Gasteiger partial charge >= 0.3 is 6.03 Å². The van der Waals surface area contributed by atoms with E-state index in [-0.39, 0.29) is 30.1 Å². The molecule has 4 rings (SSSR count). The van der Waals surface area contributed by atoms with Crippen LogP contribution in [0.1, 0.15) is 24.5 Å². The van der Waals surface area contributed by atoms with Crippen molar-refractivity contribution in [2.24, 2.45) is 0 Å². The molecule has 2 heterocycles. The lowest BCUT2D eigenvalue weighted by atomic mass is 9.83. The average molecular weight is 428 g/mol. The first kappa shape index (κ1) is 20.6. The summed E-state index contributed by atoms with van der Waals surface area (Å²) < 4.78 is 23.8. The van der Waals surface area contributed by atoms with Gasteiger partial charge in [0.2, 0.25) is 0 Å². The van der Waals surface area contributed by atoms with E-state index in [0.29, 0.717) is 24.1 Å². The summed E-state index contributed by atoms with van der Waals surface area (Å²) in [5, 5.41) is 2.93. The molecule has 2 aromatic carbocycles. The van der Waals surface area contributed by atoms with Crippen molar-refractivity contribution in [2.45, 2.75) is 24.9 Å². The van der Waals surface area contributed by atoms with Crippen LogP contribution in [0.4, 0.5) is 4.79 Å². The van der Waals surface area contributed by atoms with E-state index < -0.39 is 21.4 Å². The normalized spacial score (nSPS) is 22.5. The fraction of sp³-hybridized carbons (Fsp3) is 0.364. The van der Waals surface area contributed by atoms with Gasteiger partial charge in [-0.05, 0) is 24.1 Å². The lowest BCUT2D eigenvalue weighted by Crippen LogP contribution is -2.48. The first-order valence-corrected chi connectivity index (χ1v) is 11.9. The molecule has 7 nitrogen and oxygen atoms in total. The van der Waals surface area contributed by atoms with Crippen molar-refractivity contribution in [3.8, 4) is 0 Å². The van der Waals surface area contributed by atoms with Crippen LogP contribution in [0.2, 0.25) is 0 Å². The summed E-state index contributed by atoms with van der Waals surface area (Å²) in [5.74, 6) is -0.150. The molecule has 30 heavy (non-hydrogen) atoms. The van der Waals surface area contributed by atoms with Crippen molar-refractivity contribution in [3.05, 3.63) is 71.8 Å². The van der Waals surface area contributed by atoms with Gasteiger partial charge in [-0.25, -0.2) is 18.1 Å². The number of benzene rings is 2. The Morgan fingerprint density at radius 2 is 1.60 bits per heavy atom. The SMILES string of the molecule is CCN(CN1C(=O)NC(c2ccccc2)(c2ccccc2)C1=O)C1CCS(=O)(=O)C1. The van der Waals surface area contributed by atoms with Crippen molar-refractivity contribution in [1.82, 2.24) is 15.1 Å². The molecule has 3 amide bonds. The first-order valence-electron chi connectivity index (χ1n) is 10.1. The number of amides is 3. The topological polar surface area (TPSA) is 86.8 Å². The number of carbonyl (C=O) groups is 2. The Hall–Kier alpha value is -2.71. The van der Waals surface area contributed by atoms with Crippen LogP contribution in [0, 0.1) is 0 Å². The highest BCUT2D eigenvalue weighted by Gasteiger charge is 2.54. The van der Waals surface area contributed by atoms with Gasteiger partial charge in [-0.1, -0.05) is 67.6 Å². The van der Waals surface area contributed by atoms with Gasteiger partial charge in [0, 0.05) is 6.04 Å². The van der Waals surface area contributed by atoms with Crippen molar-refractivity contribution < 1.29 is 18.0 Å². The maximum absolute atomic E-state index is 13.7. The molecule has 2 aliphatic rings. The Morgan fingerprint density at radius 3 is 2.07 bits per heavy atom. The lowest BCUT2D eigenvalue weighted by molar-refractivity contribution is -0.132. The van der Waals surface area contributed by atoms with Crippen molar-refractivity contribution in [2.75, 3.05) is 24.7 Å². The maximum Gasteiger partial charge on any atom is 0.326 e. The van der Waals surface area contributed by atoms with Crippen LogP contribution < -0.4 is 5.32 Å². The minimum absolute atomic E-state index is 0.0583. The van der Waals surface area contributed by atoms with E-state index in [9.17, 15) is 18.0 Å². The van der Waals surface area contributed by atoms with Crippen LogP contribution in [0.15, 0.2) is 60.7 Å². The van der Waals surface area contributed by atoms with E-state index in [2.05, 4.69) is 5.32 Å². The Bertz CT molecular complexity index is 1000. The minimum atomic E-state index is -3.07. The lowest BCUT2D eigenvalue weighted by Gasteiger charge is -2.31. The molecule has 0 aromatic heterocycles. The summed E-state index contributed by atoms with van der Waals surface area (Å²) >= 11 is 0. The summed E-state index contributed by atoms with van der Waals surface area (Å²) in [7, 11) is -3.07. The van der Waals surface area contributed by atoms with Gasteiger partial charge in [-0.2, -0.15) is 0 Å². The molecule has 2 saturated heterocycles. The maximum atomic E-state index is 13.7. The zero-order valence-electron chi connectivity index (χ0n) is 16.8. The molecule has 1 N–H and O–H groups in total. The number of hydrogen-bond donors (Lipinski definition) is 1. The van der Waals surface area contributed by atoms with E-state index in [4.69, 9.17) is 0 Å². The van der Waals surface area contributed by atoms with Gasteiger partial charge in [0.1, 0.15) is 0 Å². The monoisotopic (exact) mass is 427 g/mol. The Balaban J connectivity index is 1.69. The molecule has 1 atom stereocenters. The van der Waals surface area contributed by atoms with Gasteiger partial charge in [-0.3, -0.25) is 9.69 Å². The highest BCUT2D eigenvalue weighted by Crippen LogP contribution is 2.36. The third kappa shape index (κ3) is 3.50. The smallest absolute Gasteiger partial charge is 0.315 e. The summed E-state index contributed by atoms with van der Waals surface area (Å²) in [6, 6.07) is 17.7. The molecular formula is C22H25N3O4S. The molecule has 0 saturated carbocycles. The van der Waals surface area contributed by atoms with Crippen molar-refractivity contribution >= 4 is 21.8 Å². The Labute approximate surface area is 176 Å². The number of nitrogens with zero attached hydrogens (tertiary/aromatic N) is 2. The molecule has 0 radical (unpaired) electrons. The van der Waals surface area contributed by atoms with Crippen LogP contribution >= 0.6 is 0 Å². The number of carbonyl (C=O) groups excluding carboxylic acids is 2. The second-order valence-corrected chi connectivity index (χ2v) is 9.98. The number of imide groups is 1. The van der Waals surface area contributed by atoms with Crippen LogP contribution in [0.3, 0.4) is 0 Å². The fourth-order valence-electron chi connectivity index (χ4n) is 4.36. The van der Waals surface area contributed by atoms with Crippen LogP contribution in [-0.2, 0) is 20.2 Å². The molecule has 2 fully saturated rings. The molecule has 2 aliphatic heterocycles. The van der Waals surface area contributed by atoms with Crippen molar-refractivity contribution in [3.63, 3.8) is 0 Å². The second-order valence-electron chi connectivity index (χ2n) is 7.75. The number of sulfone groups is 1. The third-order valence-corrected chi connectivity index (χ3v) is 7.72. The summed E-state index contributed by atoms with van der Waals surface area (Å²) in [4.78, 5) is 29.8. The molecule has 158 valence electrons. The molecule has 0 bridgehead atoms. The Kier molecular flexibility index (Phi) is 5.38. The number of nitrogens with one attached hydrogen (secondary N) is 1. The van der Waals surface area contributed by atoms with Crippen LogP contribution in [0.25, 0.3) is 0 Å². The number of rotatable bonds is 6. The van der Waals surface area contributed by atoms with E-state index in [1.165, 1.54) is 4.90 Å². The first-order chi connectivity index (χ1) is 14.4. The summed E-state index contributed by atoms with van der Waals surface area (Å²) in [6.07, 6.45) is 0.516. The fourth-order valence-corrected chi connectivity index (χ4v) is 6.12. The molecule has 0 spiro atoms. The van der Waals surface area contributed by atoms with Gasteiger partial charge in [0.25, 0.3) is 5.91 Å². The largest absolute Gasteiger partial charge is 0.326 e. The van der Waals surface area contributed by atoms with E-state index in [1.54, 1.807) is 0 Å². The third-order valence-electron chi connectivity index (χ3n) is 5.97.